The van der Waals surface area contributed by atoms with Gasteiger partial charge in [-0.25, -0.2) is 0 Å². The van der Waals surface area contributed by atoms with Gasteiger partial charge in [0.15, 0.2) is 5.12 Å². The third-order valence-electron chi connectivity index (χ3n) is 1.53. The zero-order valence-corrected chi connectivity index (χ0v) is 10.1. The van der Waals surface area contributed by atoms with Gasteiger partial charge in [-0.3, -0.25) is 9.59 Å². The Bertz CT molecular complexity index is 246. The van der Waals surface area contributed by atoms with Crippen LogP contribution in [0.4, 0.5) is 0 Å². The standard InChI is InChI=1S/C10H17NO3S/c1-10(2,3)9(14)15-7-5-11(8-13)4-6-12/h5,7-8,12H,4,6H2,1-3H3/b7-5+. The average Bonchev–Trinajstić information content (AvgIpc) is 2.14. The maximum Gasteiger partial charge on any atom is 0.213 e. The van der Waals surface area contributed by atoms with Gasteiger partial charge >= 0.3 is 0 Å². The first kappa shape index (κ1) is 14.2. The molecule has 1 N–H and O–H groups in total. The lowest BCUT2D eigenvalue weighted by atomic mass is 10.00. The van der Waals surface area contributed by atoms with E-state index in [2.05, 4.69) is 0 Å². The van der Waals surface area contributed by atoms with Crippen LogP contribution in [0.15, 0.2) is 11.6 Å². The number of hydrogen-bond acceptors (Lipinski definition) is 4. The molecule has 0 bridgehead atoms. The van der Waals surface area contributed by atoms with Crippen LogP contribution in [-0.2, 0) is 9.59 Å². The van der Waals surface area contributed by atoms with Crippen molar-refractivity contribution in [2.45, 2.75) is 20.8 Å². The van der Waals surface area contributed by atoms with Crippen molar-refractivity contribution in [3.05, 3.63) is 11.6 Å². The second-order valence-electron chi connectivity index (χ2n) is 4.01. The smallest absolute Gasteiger partial charge is 0.213 e. The van der Waals surface area contributed by atoms with E-state index in [0.717, 1.165) is 11.8 Å². The van der Waals surface area contributed by atoms with Crippen LogP contribution in [0.2, 0.25) is 0 Å². The van der Waals surface area contributed by atoms with E-state index in [0.29, 0.717) is 6.41 Å². The molecule has 0 saturated heterocycles. The van der Waals surface area contributed by atoms with Crippen LogP contribution in [0.1, 0.15) is 20.8 Å². The van der Waals surface area contributed by atoms with Gasteiger partial charge in [-0.1, -0.05) is 32.5 Å². The molecule has 0 aliphatic rings. The number of amides is 1. The Labute approximate surface area is 94.3 Å². The van der Waals surface area contributed by atoms with Gasteiger partial charge in [0.25, 0.3) is 0 Å². The minimum atomic E-state index is -0.391. The van der Waals surface area contributed by atoms with E-state index in [1.807, 2.05) is 20.8 Å². The molecule has 0 unspecified atom stereocenters. The van der Waals surface area contributed by atoms with Crippen LogP contribution in [0.3, 0.4) is 0 Å². The molecule has 5 heteroatoms. The fraction of sp³-hybridized carbons (Fsp3) is 0.600. The molecule has 4 nitrogen and oxygen atoms in total. The molecule has 0 rings (SSSR count). The predicted octanol–water partition coefficient (Wildman–Crippen LogP) is 1.21. The maximum absolute atomic E-state index is 11.4. The molecule has 0 saturated carbocycles. The normalized spacial score (nSPS) is 11.7. The third-order valence-corrected chi connectivity index (χ3v) is 2.62. The topological polar surface area (TPSA) is 57.6 Å². The molecule has 0 aromatic heterocycles. The molecule has 1 amide bonds. The van der Waals surface area contributed by atoms with E-state index in [-0.39, 0.29) is 18.3 Å². The van der Waals surface area contributed by atoms with Crippen molar-refractivity contribution in [2.75, 3.05) is 13.2 Å². The number of nitrogens with zero attached hydrogens (tertiary/aromatic N) is 1. The molecule has 0 aromatic rings. The number of rotatable bonds is 5. The molecule has 0 aliphatic carbocycles. The van der Waals surface area contributed by atoms with Crippen molar-refractivity contribution in [3.63, 3.8) is 0 Å². The number of hydrogen-bond donors (Lipinski definition) is 1. The summed E-state index contributed by atoms with van der Waals surface area (Å²) in [6, 6.07) is 0. The molecule has 86 valence electrons. The van der Waals surface area contributed by atoms with E-state index in [1.54, 1.807) is 5.41 Å². The van der Waals surface area contributed by atoms with E-state index in [1.165, 1.54) is 11.1 Å². The average molecular weight is 231 g/mol. The lowest BCUT2D eigenvalue weighted by Gasteiger charge is -2.14. The molecule has 0 fully saturated rings. The highest BCUT2D eigenvalue weighted by Crippen LogP contribution is 2.23. The summed E-state index contributed by atoms with van der Waals surface area (Å²) in [6.45, 7) is 5.65. The van der Waals surface area contributed by atoms with Crippen molar-refractivity contribution >= 4 is 23.3 Å². The zero-order chi connectivity index (χ0) is 11.9. The summed E-state index contributed by atoms with van der Waals surface area (Å²) in [5.74, 6) is 0. The highest BCUT2D eigenvalue weighted by molar-refractivity contribution is 8.16. The second kappa shape index (κ2) is 6.63. The maximum atomic E-state index is 11.4. The largest absolute Gasteiger partial charge is 0.395 e. The minimum absolute atomic E-state index is 0.0357. The van der Waals surface area contributed by atoms with Crippen molar-refractivity contribution in [1.29, 1.82) is 0 Å². The van der Waals surface area contributed by atoms with E-state index < -0.39 is 5.41 Å². The second-order valence-corrected chi connectivity index (χ2v) is 4.89. The first-order chi connectivity index (χ1) is 6.91. The monoisotopic (exact) mass is 231 g/mol. The Morgan fingerprint density at radius 1 is 1.47 bits per heavy atom. The van der Waals surface area contributed by atoms with Crippen LogP contribution in [-0.4, -0.2) is 34.7 Å². The van der Waals surface area contributed by atoms with Crippen molar-refractivity contribution < 1.29 is 14.7 Å². The van der Waals surface area contributed by atoms with Crippen LogP contribution >= 0.6 is 11.8 Å². The van der Waals surface area contributed by atoms with Crippen molar-refractivity contribution in [2.24, 2.45) is 5.41 Å². The molecule has 0 heterocycles. The fourth-order valence-electron chi connectivity index (χ4n) is 0.625. The van der Waals surface area contributed by atoms with Gasteiger partial charge in [0, 0.05) is 18.2 Å². The first-order valence-corrected chi connectivity index (χ1v) is 5.49. The molecular formula is C10H17NO3S. The third kappa shape index (κ3) is 6.30. The molecule has 0 radical (unpaired) electrons. The number of aliphatic hydroxyl groups is 1. The first-order valence-electron chi connectivity index (χ1n) is 4.61. The summed E-state index contributed by atoms with van der Waals surface area (Å²) in [7, 11) is 0. The number of carbonyl (C=O) groups excluding carboxylic acids is 2. The van der Waals surface area contributed by atoms with Gasteiger partial charge in [0.05, 0.1) is 6.61 Å². The predicted molar refractivity (Wildman–Crippen MR) is 61.0 cm³/mol. The van der Waals surface area contributed by atoms with Crippen LogP contribution < -0.4 is 0 Å². The quantitative estimate of drug-likeness (QED) is 0.723. The summed E-state index contributed by atoms with van der Waals surface area (Å²) >= 11 is 1.05. The summed E-state index contributed by atoms with van der Waals surface area (Å²) in [4.78, 5) is 23.2. The molecule has 0 aliphatic heterocycles. The summed E-state index contributed by atoms with van der Waals surface area (Å²) in [6.07, 6.45) is 2.09. The minimum Gasteiger partial charge on any atom is -0.395 e. The van der Waals surface area contributed by atoms with Gasteiger partial charge in [0.2, 0.25) is 6.41 Å². The Balaban J connectivity index is 4.08. The summed E-state index contributed by atoms with van der Waals surface area (Å²) < 4.78 is 0. The molecular weight excluding hydrogens is 214 g/mol. The van der Waals surface area contributed by atoms with Gasteiger partial charge in [-0.15, -0.1) is 0 Å². The van der Waals surface area contributed by atoms with E-state index in [9.17, 15) is 9.59 Å². The van der Waals surface area contributed by atoms with Crippen LogP contribution in [0.25, 0.3) is 0 Å². The lowest BCUT2D eigenvalue weighted by Crippen LogP contribution is -2.19. The van der Waals surface area contributed by atoms with Gasteiger partial charge < -0.3 is 10.0 Å². The summed E-state index contributed by atoms with van der Waals surface area (Å²) in [5.41, 5.74) is -0.391. The molecule has 0 atom stereocenters. The van der Waals surface area contributed by atoms with Gasteiger partial charge in [-0.2, -0.15) is 0 Å². The van der Waals surface area contributed by atoms with Gasteiger partial charge in [-0.05, 0) is 5.41 Å². The SMILES string of the molecule is CC(C)(C)C(=O)S/C=C/N(C=O)CCO. The highest BCUT2D eigenvalue weighted by atomic mass is 32.2. The molecule has 0 spiro atoms. The number of thioether (sulfide) groups is 1. The number of carbonyl (C=O) groups is 2. The summed E-state index contributed by atoms with van der Waals surface area (Å²) in [5, 5.41) is 10.2. The van der Waals surface area contributed by atoms with Crippen molar-refractivity contribution in [1.82, 2.24) is 4.90 Å². The Morgan fingerprint density at radius 2 is 2.07 bits per heavy atom. The molecule has 15 heavy (non-hydrogen) atoms. The van der Waals surface area contributed by atoms with E-state index >= 15 is 0 Å². The van der Waals surface area contributed by atoms with E-state index in [4.69, 9.17) is 5.11 Å². The van der Waals surface area contributed by atoms with Gasteiger partial charge in [0.1, 0.15) is 0 Å². The Morgan fingerprint density at radius 3 is 2.47 bits per heavy atom. The Kier molecular flexibility index (Phi) is 6.27. The van der Waals surface area contributed by atoms with Crippen LogP contribution in [0.5, 0.6) is 0 Å². The Hall–Kier alpha value is -0.810. The highest BCUT2D eigenvalue weighted by Gasteiger charge is 2.20. The fourth-order valence-corrected chi connectivity index (χ4v) is 1.32. The zero-order valence-electron chi connectivity index (χ0n) is 9.27. The number of aliphatic hydroxyl groups excluding tert-OH is 1. The van der Waals surface area contributed by atoms with Crippen LogP contribution in [0, 0.1) is 5.41 Å². The van der Waals surface area contributed by atoms with Crippen molar-refractivity contribution in [3.8, 4) is 0 Å². The molecule has 0 aromatic carbocycles. The lowest BCUT2D eigenvalue weighted by molar-refractivity contribution is -0.117.